The fourth-order valence-corrected chi connectivity index (χ4v) is 1.53. The van der Waals surface area contributed by atoms with Crippen LogP contribution in [0.1, 0.15) is 17.3 Å². The van der Waals surface area contributed by atoms with Crippen LogP contribution in [-0.2, 0) is 0 Å². The molecule has 0 aliphatic carbocycles. The first kappa shape index (κ1) is 12.1. The van der Waals surface area contributed by atoms with Gasteiger partial charge < -0.3 is 4.74 Å². The molecule has 0 radical (unpaired) electrons. The average Bonchev–Trinajstić information content (AvgIpc) is 2.41. The number of anilines is 1. The van der Waals surface area contributed by atoms with Crippen LogP contribution in [0.25, 0.3) is 0 Å². The van der Waals surface area contributed by atoms with Crippen LogP contribution in [-0.4, -0.2) is 12.5 Å². The Labute approximate surface area is 106 Å². The van der Waals surface area contributed by atoms with Gasteiger partial charge in [0.2, 0.25) is 0 Å². The fraction of sp³-hybridized carbons (Fsp3) is 0.143. The minimum Gasteiger partial charge on any atom is -0.494 e. The van der Waals surface area contributed by atoms with Gasteiger partial charge in [-0.1, -0.05) is 6.07 Å². The Bertz CT molecular complexity index is 509. The van der Waals surface area contributed by atoms with Crippen molar-refractivity contribution in [3.8, 4) is 5.75 Å². The van der Waals surface area contributed by atoms with Crippen molar-refractivity contribution < 1.29 is 14.5 Å². The van der Waals surface area contributed by atoms with E-state index in [-0.39, 0.29) is 5.91 Å². The van der Waals surface area contributed by atoms with E-state index in [1.165, 1.54) is 0 Å². The zero-order valence-corrected chi connectivity index (χ0v) is 10.1. The second-order valence-corrected chi connectivity index (χ2v) is 3.69. The van der Waals surface area contributed by atoms with Crippen molar-refractivity contribution in [3.05, 3.63) is 54.2 Å². The lowest BCUT2D eigenvalue weighted by molar-refractivity contribution is -0.360. The lowest BCUT2D eigenvalue weighted by atomic mass is 10.2. The van der Waals surface area contributed by atoms with Gasteiger partial charge in [0.1, 0.15) is 5.75 Å². The largest absolute Gasteiger partial charge is 0.494 e. The van der Waals surface area contributed by atoms with Crippen molar-refractivity contribution >= 4 is 11.7 Å². The molecule has 0 unspecified atom stereocenters. The number of amides is 1. The van der Waals surface area contributed by atoms with Crippen LogP contribution in [0.15, 0.2) is 48.7 Å². The molecule has 0 saturated heterocycles. The number of nitrogens with one attached hydrogen (secondary N) is 2. The average molecular weight is 243 g/mol. The highest BCUT2D eigenvalue weighted by atomic mass is 16.5. The SMILES string of the molecule is CCOc1ccc(C(=O)Nc2cccc[nH+]2)cc1. The molecule has 1 amide bonds. The van der Waals surface area contributed by atoms with Gasteiger partial charge in [-0.15, -0.1) is 0 Å². The van der Waals surface area contributed by atoms with Gasteiger partial charge in [-0.3, -0.25) is 0 Å². The zero-order valence-electron chi connectivity index (χ0n) is 10.1. The summed E-state index contributed by atoms with van der Waals surface area (Å²) in [5.41, 5.74) is 0.593. The summed E-state index contributed by atoms with van der Waals surface area (Å²) >= 11 is 0. The van der Waals surface area contributed by atoms with Gasteiger partial charge in [-0.05, 0) is 37.3 Å². The van der Waals surface area contributed by atoms with E-state index in [1.807, 2.05) is 19.1 Å². The van der Waals surface area contributed by atoms with Gasteiger partial charge in [0.15, 0.2) is 0 Å². The summed E-state index contributed by atoms with van der Waals surface area (Å²) < 4.78 is 5.32. The summed E-state index contributed by atoms with van der Waals surface area (Å²) in [4.78, 5) is 14.9. The Morgan fingerprint density at radius 3 is 2.61 bits per heavy atom. The predicted molar refractivity (Wildman–Crippen MR) is 68.6 cm³/mol. The molecule has 1 heterocycles. The van der Waals surface area contributed by atoms with Crippen molar-refractivity contribution in [2.75, 3.05) is 11.9 Å². The molecule has 0 spiro atoms. The number of hydrogen-bond donors (Lipinski definition) is 1. The maximum Gasteiger partial charge on any atom is 0.339 e. The summed E-state index contributed by atoms with van der Waals surface area (Å²) in [7, 11) is 0. The number of carbonyl (C=O) groups is 1. The third kappa shape index (κ3) is 3.07. The zero-order chi connectivity index (χ0) is 12.8. The van der Waals surface area contributed by atoms with Gasteiger partial charge in [0.25, 0.3) is 5.82 Å². The Hall–Kier alpha value is -2.36. The van der Waals surface area contributed by atoms with Crippen molar-refractivity contribution in [3.63, 3.8) is 0 Å². The molecule has 0 atom stereocenters. The van der Waals surface area contributed by atoms with Crippen molar-refractivity contribution in [2.24, 2.45) is 0 Å². The first-order valence-corrected chi connectivity index (χ1v) is 5.80. The number of aromatic nitrogens is 1. The Kier molecular flexibility index (Phi) is 3.91. The van der Waals surface area contributed by atoms with E-state index >= 15 is 0 Å². The van der Waals surface area contributed by atoms with Crippen LogP contribution in [0.4, 0.5) is 5.82 Å². The topological polar surface area (TPSA) is 52.5 Å². The van der Waals surface area contributed by atoms with E-state index in [0.717, 1.165) is 5.75 Å². The van der Waals surface area contributed by atoms with Crippen LogP contribution in [0, 0.1) is 0 Å². The summed E-state index contributed by atoms with van der Waals surface area (Å²) in [5.74, 6) is 1.28. The number of ether oxygens (including phenoxy) is 1. The van der Waals surface area contributed by atoms with Crippen LogP contribution in [0.5, 0.6) is 5.75 Å². The van der Waals surface area contributed by atoms with Crippen molar-refractivity contribution in [1.82, 2.24) is 0 Å². The van der Waals surface area contributed by atoms with Gasteiger partial charge in [0.05, 0.1) is 18.4 Å². The van der Waals surface area contributed by atoms with E-state index in [1.54, 1.807) is 36.5 Å². The molecule has 0 bridgehead atoms. The monoisotopic (exact) mass is 243 g/mol. The molecule has 1 aromatic carbocycles. The Balaban J connectivity index is 2.05. The predicted octanol–water partition coefficient (Wildman–Crippen LogP) is 2.15. The lowest BCUT2D eigenvalue weighted by Gasteiger charge is -2.03. The number of benzene rings is 1. The summed E-state index contributed by atoms with van der Waals surface area (Å²) in [6, 6.07) is 12.6. The minimum atomic E-state index is -0.152. The van der Waals surface area contributed by atoms with E-state index in [0.29, 0.717) is 18.0 Å². The maximum absolute atomic E-state index is 11.9. The summed E-state index contributed by atoms with van der Waals surface area (Å²) in [6.45, 7) is 2.54. The number of pyridine rings is 1. The molecule has 0 saturated carbocycles. The van der Waals surface area contributed by atoms with Crippen LogP contribution in [0.2, 0.25) is 0 Å². The molecule has 2 aromatic rings. The molecule has 92 valence electrons. The molecular weight excluding hydrogens is 228 g/mol. The molecule has 2 rings (SSSR count). The smallest absolute Gasteiger partial charge is 0.339 e. The van der Waals surface area contributed by atoms with Crippen LogP contribution >= 0.6 is 0 Å². The molecule has 4 heteroatoms. The molecule has 0 aliphatic rings. The standard InChI is InChI=1S/C14H14N2O2/c1-2-18-12-8-6-11(7-9-12)14(17)16-13-5-3-4-10-15-13/h3-10H,2H2,1H3,(H,15,16,17)/p+1. The van der Waals surface area contributed by atoms with E-state index < -0.39 is 0 Å². The second kappa shape index (κ2) is 5.82. The number of hydrogen-bond acceptors (Lipinski definition) is 2. The number of rotatable bonds is 4. The highest BCUT2D eigenvalue weighted by Crippen LogP contribution is 2.12. The molecular formula is C14H15N2O2+. The molecule has 0 fully saturated rings. The van der Waals surface area contributed by atoms with Gasteiger partial charge in [-0.25, -0.2) is 15.1 Å². The van der Waals surface area contributed by atoms with E-state index in [2.05, 4.69) is 10.3 Å². The number of H-pyrrole nitrogens is 1. The molecule has 1 aromatic heterocycles. The minimum absolute atomic E-state index is 0.152. The number of carbonyl (C=O) groups excluding carboxylic acids is 1. The van der Waals surface area contributed by atoms with Gasteiger partial charge in [0, 0.05) is 6.07 Å². The first-order chi connectivity index (χ1) is 8.79. The number of aromatic amines is 1. The first-order valence-electron chi connectivity index (χ1n) is 5.80. The summed E-state index contributed by atoms with van der Waals surface area (Å²) in [5, 5.41) is 2.77. The van der Waals surface area contributed by atoms with Gasteiger partial charge in [-0.2, -0.15) is 0 Å². The molecule has 4 nitrogen and oxygen atoms in total. The Morgan fingerprint density at radius 1 is 1.22 bits per heavy atom. The third-order valence-corrected chi connectivity index (χ3v) is 2.38. The van der Waals surface area contributed by atoms with Crippen molar-refractivity contribution in [1.29, 1.82) is 0 Å². The van der Waals surface area contributed by atoms with Crippen LogP contribution in [0.3, 0.4) is 0 Å². The normalized spacial score (nSPS) is 9.83. The third-order valence-electron chi connectivity index (χ3n) is 2.38. The quantitative estimate of drug-likeness (QED) is 0.894. The second-order valence-electron chi connectivity index (χ2n) is 3.69. The highest BCUT2D eigenvalue weighted by Gasteiger charge is 2.11. The molecule has 2 N–H and O–H groups in total. The van der Waals surface area contributed by atoms with Crippen LogP contribution < -0.4 is 15.0 Å². The van der Waals surface area contributed by atoms with E-state index in [4.69, 9.17) is 4.74 Å². The van der Waals surface area contributed by atoms with Crippen molar-refractivity contribution in [2.45, 2.75) is 6.92 Å². The maximum atomic E-state index is 11.9. The summed E-state index contributed by atoms with van der Waals surface area (Å²) in [6.07, 6.45) is 1.76. The molecule has 18 heavy (non-hydrogen) atoms. The lowest BCUT2D eigenvalue weighted by Crippen LogP contribution is -2.18. The Morgan fingerprint density at radius 2 is 2.00 bits per heavy atom. The van der Waals surface area contributed by atoms with E-state index in [9.17, 15) is 4.79 Å². The van der Waals surface area contributed by atoms with Gasteiger partial charge >= 0.3 is 5.91 Å². The molecule has 0 aliphatic heterocycles. The fourth-order valence-electron chi connectivity index (χ4n) is 1.53. The highest BCUT2D eigenvalue weighted by molar-refractivity contribution is 6.03.